The predicted molar refractivity (Wildman–Crippen MR) is 111 cm³/mol. The molecule has 3 heterocycles. The number of nitrogens with zero attached hydrogens (tertiary/aromatic N) is 5. The lowest BCUT2D eigenvalue weighted by atomic mass is 10.1. The average molecular weight is 411 g/mol. The normalized spacial score (nSPS) is 21.5. The summed E-state index contributed by atoms with van der Waals surface area (Å²) in [6, 6.07) is 3.67. The van der Waals surface area contributed by atoms with Gasteiger partial charge in [-0.1, -0.05) is 18.9 Å². The van der Waals surface area contributed by atoms with Gasteiger partial charge in [-0.3, -0.25) is 0 Å². The molecule has 2 aliphatic carbocycles. The number of rotatable bonds is 6. The fraction of sp³-hybridized carbons (Fsp3) is 0.636. The van der Waals surface area contributed by atoms with Gasteiger partial charge in [0.1, 0.15) is 5.82 Å². The Labute approximate surface area is 177 Å². The van der Waals surface area contributed by atoms with Gasteiger partial charge in [0.2, 0.25) is 5.88 Å². The Kier molecular flexibility index (Phi) is 5.31. The smallest absolute Gasteiger partial charge is 0.318 e. The van der Waals surface area contributed by atoms with Gasteiger partial charge in [0.05, 0.1) is 12.6 Å². The molecule has 2 fully saturated rings. The number of aromatic nitrogens is 4. The molecule has 1 aliphatic heterocycles. The van der Waals surface area contributed by atoms with Gasteiger partial charge in [0, 0.05) is 37.8 Å². The van der Waals surface area contributed by atoms with Crippen LogP contribution in [0.1, 0.15) is 74.6 Å². The monoisotopic (exact) mass is 410 g/mol. The van der Waals surface area contributed by atoms with Gasteiger partial charge in [-0.2, -0.15) is 0 Å². The minimum Gasteiger partial charge on any atom is -0.477 e. The first-order valence-corrected chi connectivity index (χ1v) is 11.2. The van der Waals surface area contributed by atoms with Crippen LogP contribution in [0.3, 0.4) is 0 Å². The Balaban J connectivity index is 1.16. The third-order valence-corrected chi connectivity index (χ3v) is 6.60. The minimum absolute atomic E-state index is 0.0757. The number of fused-ring (bicyclic) bond motifs is 1. The van der Waals surface area contributed by atoms with Crippen molar-refractivity contribution in [3.63, 3.8) is 0 Å². The Morgan fingerprint density at radius 2 is 1.93 bits per heavy atom. The molecule has 30 heavy (non-hydrogen) atoms. The molecule has 2 aromatic rings. The highest BCUT2D eigenvalue weighted by atomic mass is 16.5. The summed E-state index contributed by atoms with van der Waals surface area (Å²) in [5.41, 5.74) is 0.957. The molecule has 1 N–H and O–H groups in total. The van der Waals surface area contributed by atoms with Crippen molar-refractivity contribution in [3.05, 3.63) is 35.5 Å². The Morgan fingerprint density at radius 3 is 2.67 bits per heavy atom. The number of carbonyl (C=O) groups excluding carboxylic acids is 1. The summed E-state index contributed by atoms with van der Waals surface area (Å²) in [6.07, 6.45) is 9.25. The number of urea groups is 1. The predicted octanol–water partition coefficient (Wildman–Crippen LogP) is 3.41. The molecule has 2 aromatic heterocycles. The third kappa shape index (κ3) is 4.00. The minimum atomic E-state index is -0.0854. The highest BCUT2D eigenvalue weighted by Gasteiger charge is 2.33. The van der Waals surface area contributed by atoms with E-state index in [1.54, 1.807) is 6.20 Å². The summed E-state index contributed by atoms with van der Waals surface area (Å²) >= 11 is 0. The molecule has 3 aliphatic rings. The molecule has 0 saturated heterocycles. The zero-order chi connectivity index (χ0) is 20.5. The van der Waals surface area contributed by atoms with E-state index in [4.69, 9.17) is 4.74 Å². The molecule has 2 saturated carbocycles. The first-order valence-electron chi connectivity index (χ1n) is 11.2. The van der Waals surface area contributed by atoms with Crippen LogP contribution in [0.4, 0.5) is 4.79 Å². The van der Waals surface area contributed by atoms with Crippen molar-refractivity contribution in [2.45, 2.75) is 70.5 Å². The van der Waals surface area contributed by atoms with Crippen LogP contribution in [0.15, 0.2) is 18.3 Å². The molecule has 8 nitrogen and oxygen atoms in total. The number of amides is 2. The maximum Gasteiger partial charge on any atom is 0.318 e. The topological polar surface area (TPSA) is 85.2 Å². The van der Waals surface area contributed by atoms with Crippen molar-refractivity contribution in [3.8, 4) is 5.88 Å². The Bertz CT molecular complexity index is 886. The summed E-state index contributed by atoms with van der Waals surface area (Å²) in [5, 5.41) is 12.0. The van der Waals surface area contributed by atoms with Crippen molar-refractivity contribution >= 4 is 6.03 Å². The lowest BCUT2D eigenvalue weighted by Gasteiger charge is -2.34. The van der Waals surface area contributed by atoms with Gasteiger partial charge >= 0.3 is 6.03 Å². The zero-order valence-corrected chi connectivity index (χ0v) is 17.6. The first kappa shape index (κ1) is 19.3. The van der Waals surface area contributed by atoms with Gasteiger partial charge in [-0.15, -0.1) is 10.2 Å². The van der Waals surface area contributed by atoms with Crippen LogP contribution in [0, 0.1) is 5.92 Å². The van der Waals surface area contributed by atoms with Crippen LogP contribution in [-0.2, 0) is 13.1 Å². The summed E-state index contributed by atoms with van der Waals surface area (Å²) in [5.74, 6) is 3.90. The summed E-state index contributed by atoms with van der Waals surface area (Å²) < 4.78 is 7.91. The van der Waals surface area contributed by atoms with Crippen LogP contribution in [0.2, 0.25) is 0 Å². The molecule has 2 amide bonds. The molecule has 8 heteroatoms. The molecule has 0 spiro atoms. The molecule has 5 rings (SSSR count). The van der Waals surface area contributed by atoms with Gasteiger partial charge in [-0.25, -0.2) is 9.78 Å². The maximum absolute atomic E-state index is 12.8. The third-order valence-electron chi connectivity index (χ3n) is 6.60. The molecule has 1 atom stereocenters. The van der Waals surface area contributed by atoms with E-state index in [0.29, 0.717) is 30.8 Å². The fourth-order valence-corrected chi connectivity index (χ4v) is 4.54. The van der Waals surface area contributed by atoms with E-state index in [1.807, 2.05) is 24.0 Å². The lowest BCUT2D eigenvalue weighted by Crippen LogP contribution is -2.46. The summed E-state index contributed by atoms with van der Waals surface area (Å²) in [4.78, 5) is 19.0. The van der Waals surface area contributed by atoms with Crippen molar-refractivity contribution in [1.82, 2.24) is 30.0 Å². The Morgan fingerprint density at radius 1 is 1.13 bits per heavy atom. The molecule has 0 radical (unpaired) electrons. The molecule has 1 unspecified atom stereocenters. The van der Waals surface area contributed by atoms with Crippen molar-refractivity contribution < 1.29 is 9.53 Å². The van der Waals surface area contributed by atoms with Crippen molar-refractivity contribution in [2.24, 2.45) is 5.92 Å². The van der Waals surface area contributed by atoms with Crippen molar-refractivity contribution in [1.29, 1.82) is 0 Å². The van der Waals surface area contributed by atoms with E-state index >= 15 is 0 Å². The van der Waals surface area contributed by atoms with Crippen LogP contribution in [0.25, 0.3) is 0 Å². The molecular formula is C22H30N6O2. The fourth-order valence-electron chi connectivity index (χ4n) is 4.54. The van der Waals surface area contributed by atoms with Crippen LogP contribution < -0.4 is 10.1 Å². The number of carbonyl (C=O) groups is 1. The second kappa shape index (κ2) is 8.24. The van der Waals surface area contributed by atoms with Gasteiger partial charge < -0.3 is 19.5 Å². The molecular weight excluding hydrogens is 380 g/mol. The van der Waals surface area contributed by atoms with E-state index < -0.39 is 0 Å². The highest BCUT2D eigenvalue weighted by Crippen LogP contribution is 2.35. The standard InChI is InChI=1S/C22H30N6O2/c1-15-20-25-26-21(18-4-2-3-5-18)28(20)11-10-27(15)22(29)24-13-17-8-9-19(23-12-17)30-14-16-6-7-16/h8-9,12,15-16,18H,2-7,10-11,13-14H2,1H3,(H,24,29). The van der Waals surface area contributed by atoms with Gasteiger partial charge in [-0.05, 0) is 44.1 Å². The van der Waals surface area contributed by atoms with E-state index in [9.17, 15) is 4.79 Å². The molecule has 0 aromatic carbocycles. The SMILES string of the molecule is CC1c2nnc(C3CCCC3)n2CCN1C(=O)NCc1ccc(OCC2CC2)nc1. The van der Waals surface area contributed by atoms with E-state index in [-0.39, 0.29) is 12.1 Å². The van der Waals surface area contributed by atoms with E-state index in [2.05, 4.69) is 25.1 Å². The maximum atomic E-state index is 12.8. The second-order valence-corrected chi connectivity index (χ2v) is 8.84. The zero-order valence-electron chi connectivity index (χ0n) is 17.6. The van der Waals surface area contributed by atoms with E-state index in [1.165, 1.54) is 38.5 Å². The number of nitrogens with one attached hydrogen (secondary N) is 1. The average Bonchev–Trinajstić information content (AvgIpc) is 3.24. The van der Waals surface area contributed by atoms with Crippen LogP contribution in [-0.4, -0.2) is 43.8 Å². The van der Waals surface area contributed by atoms with Gasteiger partial charge in [0.15, 0.2) is 5.82 Å². The van der Waals surface area contributed by atoms with Crippen LogP contribution >= 0.6 is 0 Å². The highest BCUT2D eigenvalue weighted by molar-refractivity contribution is 5.74. The summed E-state index contributed by atoms with van der Waals surface area (Å²) in [6.45, 7) is 4.66. The Hall–Kier alpha value is -2.64. The largest absolute Gasteiger partial charge is 0.477 e. The summed E-state index contributed by atoms with van der Waals surface area (Å²) in [7, 11) is 0. The second-order valence-electron chi connectivity index (χ2n) is 8.84. The lowest BCUT2D eigenvalue weighted by molar-refractivity contribution is 0.158. The van der Waals surface area contributed by atoms with Gasteiger partial charge in [0.25, 0.3) is 0 Å². The number of pyridine rings is 1. The number of hydrogen-bond donors (Lipinski definition) is 1. The first-order chi connectivity index (χ1) is 14.7. The van der Waals surface area contributed by atoms with Crippen LogP contribution in [0.5, 0.6) is 5.88 Å². The van der Waals surface area contributed by atoms with Crippen molar-refractivity contribution in [2.75, 3.05) is 13.2 Å². The molecule has 0 bridgehead atoms. The van der Waals surface area contributed by atoms with E-state index in [0.717, 1.165) is 30.4 Å². The number of hydrogen-bond acceptors (Lipinski definition) is 5. The molecule has 160 valence electrons. The number of ether oxygens (including phenoxy) is 1. The quantitative estimate of drug-likeness (QED) is 0.789.